The zero-order chi connectivity index (χ0) is 15.5. The molecule has 0 saturated carbocycles. The molecule has 6 heteroatoms. The van der Waals surface area contributed by atoms with Gasteiger partial charge in [0, 0.05) is 18.0 Å². The molecule has 0 aliphatic heterocycles. The topological polar surface area (TPSA) is 62.7 Å². The van der Waals surface area contributed by atoms with Gasteiger partial charge in [0.1, 0.15) is 6.07 Å². The van der Waals surface area contributed by atoms with E-state index < -0.39 is 11.7 Å². The highest BCUT2D eigenvalue weighted by Gasteiger charge is 2.30. The Bertz CT molecular complexity index is 713. The summed E-state index contributed by atoms with van der Waals surface area (Å²) in [4.78, 5) is 3.87. The number of benzene rings is 1. The van der Waals surface area contributed by atoms with E-state index in [1.165, 1.54) is 24.5 Å². The van der Waals surface area contributed by atoms with Crippen LogP contribution in [0.3, 0.4) is 0 Å². The van der Waals surface area contributed by atoms with Crippen LogP contribution in [0, 0.1) is 11.3 Å². The summed E-state index contributed by atoms with van der Waals surface area (Å²) in [5, 5.41) is 9.20. The lowest BCUT2D eigenvalue weighted by Gasteiger charge is -2.10. The molecule has 2 rings (SSSR count). The first kappa shape index (κ1) is 14.6. The molecule has 1 aromatic carbocycles. The number of rotatable bonds is 2. The van der Waals surface area contributed by atoms with Crippen LogP contribution in [0.2, 0.25) is 0 Å². The van der Waals surface area contributed by atoms with Gasteiger partial charge in [-0.15, -0.1) is 0 Å². The zero-order valence-electron chi connectivity index (χ0n) is 10.7. The molecule has 0 bridgehead atoms. The van der Waals surface area contributed by atoms with Gasteiger partial charge in [-0.1, -0.05) is 18.2 Å². The number of aromatic nitrogens is 1. The molecular formula is C15H10F3N3. The van der Waals surface area contributed by atoms with Crippen molar-refractivity contribution in [2.75, 3.05) is 0 Å². The van der Waals surface area contributed by atoms with Crippen LogP contribution in [0.4, 0.5) is 13.2 Å². The Hall–Kier alpha value is -2.81. The Morgan fingerprint density at radius 3 is 2.43 bits per heavy atom. The van der Waals surface area contributed by atoms with Crippen molar-refractivity contribution in [3.05, 3.63) is 65.5 Å². The van der Waals surface area contributed by atoms with Crippen molar-refractivity contribution in [3.8, 4) is 6.07 Å². The van der Waals surface area contributed by atoms with Crippen LogP contribution < -0.4 is 5.73 Å². The summed E-state index contributed by atoms with van der Waals surface area (Å²) in [6, 6.07) is 9.70. The van der Waals surface area contributed by atoms with Crippen molar-refractivity contribution in [3.63, 3.8) is 0 Å². The van der Waals surface area contributed by atoms with Crippen LogP contribution in [-0.4, -0.2) is 4.98 Å². The first-order valence-electron chi connectivity index (χ1n) is 5.91. The van der Waals surface area contributed by atoms with Crippen molar-refractivity contribution < 1.29 is 13.2 Å². The number of allylic oxidation sites excluding steroid dienone is 1. The fourth-order valence-electron chi connectivity index (χ4n) is 1.80. The second-order valence-corrected chi connectivity index (χ2v) is 4.22. The molecule has 2 aromatic rings. The van der Waals surface area contributed by atoms with Gasteiger partial charge in [0.05, 0.1) is 16.8 Å². The SMILES string of the molecule is N#C/C(=C(/N)c1cccc(C(F)(F)F)c1)c1cccnc1. The number of nitriles is 1. The normalized spacial score (nSPS) is 12.5. The molecule has 21 heavy (non-hydrogen) atoms. The summed E-state index contributed by atoms with van der Waals surface area (Å²) in [5.74, 6) is 0. The summed E-state index contributed by atoms with van der Waals surface area (Å²) in [5.41, 5.74) is 5.71. The Balaban J connectivity index is 2.55. The third-order valence-corrected chi connectivity index (χ3v) is 2.83. The van der Waals surface area contributed by atoms with Crippen molar-refractivity contribution in [2.45, 2.75) is 6.18 Å². The van der Waals surface area contributed by atoms with Gasteiger partial charge in [-0.2, -0.15) is 18.4 Å². The number of hydrogen-bond acceptors (Lipinski definition) is 3. The largest absolute Gasteiger partial charge is 0.416 e. The number of pyridine rings is 1. The molecule has 0 aliphatic carbocycles. The van der Waals surface area contributed by atoms with Crippen LogP contribution in [0.15, 0.2) is 48.8 Å². The summed E-state index contributed by atoms with van der Waals surface area (Å²) in [6.45, 7) is 0. The van der Waals surface area contributed by atoms with Gasteiger partial charge in [-0.3, -0.25) is 4.98 Å². The van der Waals surface area contributed by atoms with Crippen LogP contribution >= 0.6 is 0 Å². The Labute approximate surface area is 119 Å². The van der Waals surface area contributed by atoms with Crippen LogP contribution in [0.1, 0.15) is 16.7 Å². The first-order chi connectivity index (χ1) is 9.93. The number of nitrogens with zero attached hydrogens (tertiary/aromatic N) is 2. The predicted octanol–water partition coefficient (Wildman–Crippen LogP) is 3.45. The second-order valence-electron chi connectivity index (χ2n) is 4.22. The third-order valence-electron chi connectivity index (χ3n) is 2.83. The van der Waals surface area contributed by atoms with Crippen molar-refractivity contribution in [1.29, 1.82) is 5.26 Å². The molecule has 0 amide bonds. The van der Waals surface area contributed by atoms with Crippen molar-refractivity contribution in [1.82, 2.24) is 4.98 Å². The maximum atomic E-state index is 12.7. The Morgan fingerprint density at radius 1 is 1.14 bits per heavy atom. The fraction of sp³-hybridized carbons (Fsp3) is 0.0667. The minimum absolute atomic E-state index is 0.0170. The van der Waals surface area contributed by atoms with Crippen LogP contribution in [0.25, 0.3) is 11.3 Å². The molecule has 0 radical (unpaired) electrons. The standard InChI is InChI=1S/C15H10F3N3/c16-15(17,18)12-5-1-3-10(7-12)14(20)13(8-19)11-4-2-6-21-9-11/h1-7,9H,20H2/b14-13-. The Kier molecular flexibility index (Phi) is 3.94. The van der Waals surface area contributed by atoms with E-state index in [1.54, 1.807) is 12.1 Å². The molecule has 0 unspecified atom stereocenters. The van der Waals surface area contributed by atoms with E-state index in [9.17, 15) is 18.4 Å². The molecule has 0 fully saturated rings. The van der Waals surface area contributed by atoms with E-state index in [-0.39, 0.29) is 16.8 Å². The molecule has 1 aromatic heterocycles. The monoisotopic (exact) mass is 289 g/mol. The summed E-state index contributed by atoms with van der Waals surface area (Å²) in [6.07, 6.45) is -1.50. The van der Waals surface area contributed by atoms with Gasteiger partial charge in [0.2, 0.25) is 0 Å². The van der Waals surface area contributed by atoms with E-state index in [0.717, 1.165) is 12.1 Å². The molecule has 0 aliphatic rings. The lowest BCUT2D eigenvalue weighted by molar-refractivity contribution is -0.137. The van der Waals surface area contributed by atoms with Crippen molar-refractivity contribution in [2.24, 2.45) is 5.73 Å². The predicted molar refractivity (Wildman–Crippen MR) is 72.3 cm³/mol. The zero-order valence-corrected chi connectivity index (χ0v) is 10.7. The fourth-order valence-corrected chi connectivity index (χ4v) is 1.80. The highest BCUT2D eigenvalue weighted by Crippen LogP contribution is 2.31. The molecule has 3 nitrogen and oxygen atoms in total. The molecule has 0 saturated heterocycles. The van der Waals surface area contributed by atoms with Crippen LogP contribution in [0.5, 0.6) is 0 Å². The highest BCUT2D eigenvalue weighted by atomic mass is 19.4. The molecule has 0 spiro atoms. The summed E-state index contributed by atoms with van der Waals surface area (Å²) >= 11 is 0. The second kappa shape index (κ2) is 5.67. The molecule has 0 atom stereocenters. The summed E-state index contributed by atoms with van der Waals surface area (Å²) in [7, 11) is 0. The highest BCUT2D eigenvalue weighted by molar-refractivity contribution is 5.95. The van der Waals surface area contributed by atoms with Gasteiger partial charge in [-0.25, -0.2) is 0 Å². The first-order valence-corrected chi connectivity index (χ1v) is 5.91. The van der Waals surface area contributed by atoms with Crippen LogP contribution in [-0.2, 0) is 6.18 Å². The molecular weight excluding hydrogens is 279 g/mol. The lowest BCUT2D eigenvalue weighted by Crippen LogP contribution is -2.07. The van der Waals surface area contributed by atoms with Gasteiger partial charge in [0.25, 0.3) is 0 Å². The van der Waals surface area contributed by atoms with Gasteiger partial charge in [-0.05, 0) is 23.8 Å². The van der Waals surface area contributed by atoms with E-state index in [1.807, 2.05) is 6.07 Å². The van der Waals surface area contributed by atoms with E-state index in [4.69, 9.17) is 5.73 Å². The minimum Gasteiger partial charge on any atom is -0.397 e. The Morgan fingerprint density at radius 2 is 1.86 bits per heavy atom. The molecule has 106 valence electrons. The number of nitrogens with two attached hydrogens (primary N) is 1. The number of alkyl halides is 3. The van der Waals surface area contributed by atoms with Gasteiger partial charge in [0.15, 0.2) is 0 Å². The smallest absolute Gasteiger partial charge is 0.397 e. The molecule has 1 heterocycles. The average Bonchev–Trinajstić information content (AvgIpc) is 2.48. The number of hydrogen-bond donors (Lipinski definition) is 1. The maximum Gasteiger partial charge on any atom is 0.416 e. The van der Waals surface area contributed by atoms with E-state index in [0.29, 0.717) is 5.56 Å². The maximum absolute atomic E-state index is 12.7. The average molecular weight is 289 g/mol. The third kappa shape index (κ3) is 3.20. The molecule has 2 N–H and O–H groups in total. The van der Waals surface area contributed by atoms with Gasteiger partial charge >= 0.3 is 6.18 Å². The lowest BCUT2D eigenvalue weighted by atomic mass is 10.0. The number of halogens is 3. The quantitative estimate of drug-likeness (QED) is 0.861. The van der Waals surface area contributed by atoms with E-state index >= 15 is 0 Å². The van der Waals surface area contributed by atoms with E-state index in [2.05, 4.69) is 4.98 Å². The van der Waals surface area contributed by atoms with Crippen molar-refractivity contribution >= 4 is 11.3 Å². The minimum atomic E-state index is -4.46. The summed E-state index contributed by atoms with van der Waals surface area (Å²) < 4.78 is 38.1. The van der Waals surface area contributed by atoms with Gasteiger partial charge < -0.3 is 5.73 Å².